The maximum Gasteiger partial charge on any atom is 0.115 e. The Bertz CT molecular complexity index is 1860. The smallest absolute Gasteiger partial charge is 0.115 e. The van der Waals surface area contributed by atoms with Crippen LogP contribution >= 0.6 is 0 Å². The second kappa shape index (κ2) is 13.0. The number of aromatic hydroxyl groups is 6. The summed E-state index contributed by atoms with van der Waals surface area (Å²) in [7, 11) is -17.8. The van der Waals surface area contributed by atoms with E-state index < -0.39 is 42.7 Å². The van der Waals surface area contributed by atoms with Crippen molar-refractivity contribution in [3.8, 4) is 34.5 Å². The van der Waals surface area contributed by atoms with Crippen molar-refractivity contribution in [2.24, 2.45) is 0 Å². The Kier molecular flexibility index (Phi) is 9.10. The number of benzene rings is 6. The van der Waals surface area contributed by atoms with Crippen LogP contribution in [0.5, 0.6) is 34.5 Å². The maximum absolute atomic E-state index is 10.8. The zero-order chi connectivity index (χ0) is 38.9. The summed E-state index contributed by atoms with van der Waals surface area (Å²) in [6.07, 6.45) is 0. The van der Waals surface area contributed by atoms with E-state index in [0.717, 1.165) is 0 Å². The van der Waals surface area contributed by atoms with Crippen molar-refractivity contribution in [3.63, 3.8) is 0 Å². The predicted octanol–water partition coefficient (Wildman–Crippen LogP) is 4.62. The molecule has 1 fully saturated rings. The average molecular weight is 817 g/mol. The molecule has 0 saturated carbocycles. The Hall–Kier alpha value is -4.58. The molecule has 1 heterocycles. The van der Waals surface area contributed by atoms with E-state index in [9.17, 15) is 30.6 Å². The second-order valence-electron chi connectivity index (χ2n) is 16.0. The lowest BCUT2D eigenvalue weighted by molar-refractivity contribution is 0.475. The monoisotopic (exact) mass is 816 g/mol. The fourth-order valence-electron chi connectivity index (χ4n) is 11.2. The fourth-order valence-corrected chi connectivity index (χ4v) is 245. The van der Waals surface area contributed by atoms with Gasteiger partial charge in [0.05, 0.1) is 42.7 Å². The molecule has 6 aromatic rings. The molecule has 6 nitrogen and oxygen atoms in total. The van der Waals surface area contributed by atoms with Gasteiger partial charge < -0.3 is 30.6 Å². The molecule has 0 spiro atoms. The molecular weight excluding hydrogens is 769 g/mol. The minimum atomic E-state index is -2.97. The van der Waals surface area contributed by atoms with Crippen molar-refractivity contribution in [1.29, 1.82) is 0 Å². The third-order valence-corrected chi connectivity index (χ3v) is 149. The summed E-state index contributed by atoms with van der Waals surface area (Å²) in [5.74, 6) is 1.30. The summed E-state index contributed by atoms with van der Waals surface area (Å²) in [6.45, 7) is 15.8. The van der Waals surface area contributed by atoms with Gasteiger partial charge in [-0.3, -0.25) is 0 Å². The molecule has 0 aliphatic carbocycles. The van der Waals surface area contributed by atoms with Gasteiger partial charge in [-0.2, -0.15) is 0 Å². The molecule has 0 aromatic heterocycles. The SMILES string of the molecule is C[Si]1(c2ccc(O)cc2)[Si](C)(c2ccc(O)cc2)[Si](C)(c2ccc(O)cc2)[Si](C)(c2ccc(O)cc2)[Si](C)(c2ccc(O)cc2)[Si]1(C)c1ccc(O)cc1. The zero-order valence-electron chi connectivity index (χ0n) is 31.5. The first-order chi connectivity index (χ1) is 25.5. The summed E-state index contributed by atoms with van der Waals surface area (Å²) in [5, 5.41) is 72.6. The largest absolute Gasteiger partial charge is 0.508 e. The average Bonchev–Trinajstić information content (AvgIpc) is 3.17. The van der Waals surface area contributed by atoms with E-state index in [-0.39, 0.29) is 34.5 Å². The molecule has 6 N–H and O–H groups in total. The third-order valence-electron chi connectivity index (χ3n) is 14.7. The Balaban J connectivity index is 1.83. The van der Waals surface area contributed by atoms with E-state index in [1.807, 2.05) is 72.8 Å². The molecule has 0 atom stereocenters. The van der Waals surface area contributed by atoms with Gasteiger partial charge in [0.25, 0.3) is 0 Å². The highest BCUT2D eigenvalue weighted by Gasteiger charge is 2.86. The van der Waals surface area contributed by atoms with Gasteiger partial charge in [-0.15, -0.1) is 0 Å². The number of rotatable bonds is 6. The van der Waals surface area contributed by atoms with Crippen molar-refractivity contribution < 1.29 is 30.6 Å². The van der Waals surface area contributed by atoms with Gasteiger partial charge in [-0.05, 0) is 72.8 Å². The summed E-state index contributed by atoms with van der Waals surface area (Å²) < 4.78 is 0. The molecule has 276 valence electrons. The van der Waals surface area contributed by atoms with Crippen molar-refractivity contribution in [1.82, 2.24) is 0 Å². The minimum Gasteiger partial charge on any atom is -0.508 e. The van der Waals surface area contributed by atoms with Gasteiger partial charge in [-0.25, -0.2) is 0 Å². The van der Waals surface area contributed by atoms with Crippen LogP contribution in [-0.4, -0.2) is 73.3 Å². The van der Waals surface area contributed by atoms with Crippen LogP contribution in [0.2, 0.25) is 39.3 Å². The highest BCUT2D eigenvalue weighted by atomic mass is 30.2. The molecule has 12 heteroatoms. The van der Waals surface area contributed by atoms with Crippen molar-refractivity contribution in [2.45, 2.75) is 39.3 Å². The standard InChI is InChI=1S/C42H48O6Si6/c1-49(37-19-7-31(43)8-20-37)50(2,38-21-9-32(44)10-22-38)52(4,40-25-13-34(46)14-26-40)54(6,42-29-17-36(48)18-30-42)53(5,41-27-15-35(47)16-28-41)51(49,3)39-23-11-33(45)12-24-39/h7-30,43-48H,1-6H3. The molecule has 7 rings (SSSR count). The molecule has 1 saturated heterocycles. The van der Waals surface area contributed by atoms with Crippen LogP contribution in [0.25, 0.3) is 0 Å². The van der Waals surface area contributed by atoms with Crippen LogP contribution < -0.4 is 31.1 Å². The van der Waals surface area contributed by atoms with Crippen LogP contribution in [0, 0.1) is 0 Å². The first kappa shape index (κ1) is 37.7. The topological polar surface area (TPSA) is 121 Å². The Morgan fingerprint density at radius 2 is 0.296 bits per heavy atom. The Morgan fingerprint density at radius 1 is 0.204 bits per heavy atom. The van der Waals surface area contributed by atoms with E-state index in [0.29, 0.717) is 0 Å². The maximum atomic E-state index is 10.8. The molecular formula is C42H48O6Si6. The van der Waals surface area contributed by atoms with E-state index in [2.05, 4.69) is 112 Å². The molecule has 0 amide bonds. The van der Waals surface area contributed by atoms with Crippen LogP contribution in [0.1, 0.15) is 0 Å². The van der Waals surface area contributed by atoms with E-state index in [1.165, 1.54) is 31.1 Å². The molecule has 1 aliphatic heterocycles. The van der Waals surface area contributed by atoms with Gasteiger partial charge in [-0.1, -0.05) is 143 Å². The highest BCUT2D eigenvalue weighted by molar-refractivity contribution is 8.20. The predicted molar refractivity (Wildman–Crippen MR) is 236 cm³/mol. The molecule has 0 bridgehead atoms. The van der Waals surface area contributed by atoms with Gasteiger partial charge in [0.2, 0.25) is 0 Å². The quantitative estimate of drug-likeness (QED) is 0.137. The van der Waals surface area contributed by atoms with Crippen molar-refractivity contribution >= 4 is 73.8 Å². The second-order valence-corrected chi connectivity index (χ2v) is 78.0. The lowest BCUT2D eigenvalue weighted by atomic mass is 10.3. The van der Waals surface area contributed by atoms with Gasteiger partial charge in [0, 0.05) is 0 Å². The van der Waals surface area contributed by atoms with E-state index >= 15 is 0 Å². The number of phenols is 6. The zero-order valence-corrected chi connectivity index (χ0v) is 37.5. The summed E-state index contributed by atoms with van der Waals surface area (Å²) in [6, 6.07) is 48.3. The summed E-state index contributed by atoms with van der Waals surface area (Å²) >= 11 is 0. The van der Waals surface area contributed by atoms with Crippen LogP contribution in [0.15, 0.2) is 146 Å². The van der Waals surface area contributed by atoms with Gasteiger partial charge in [0.15, 0.2) is 0 Å². The number of phenolic OH excluding ortho intramolecular Hbond substituents is 6. The Morgan fingerprint density at radius 3 is 0.389 bits per heavy atom. The van der Waals surface area contributed by atoms with Gasteiger partial charge >= 0.3 is 0 Å². The lowest BCUT2D eigenvalue weighted by Gasteiger charge is -2.76. The molecule has 0 radical (unpaired) electrons. The fraction of sp³-hybridized carbons (Fsp3) is 0.143. The van der Waals surface area contributed by atoms with Gasteiger partial charge in [0.1, 0.15) is 34.5 Å². The number of hydrogen-bond donors (Lipinski definition) is 6. The first-order valence-corrected chi connectivity index (χ1v) is 39.3. The lowest BCUT2D eigenvalue weighted by Crippen LogP contribution is -3.14. The van der Waals surface area contributed by atoms with Crippen LogP contribution in [-0.2, 0) is 0 Å². The minimum absolute atomic E-state index is 0.216. The normalized spacial score (nSPS) is 29.4. The van der Waals surface area contributed by atoms with E-state index in [1.54, 1.807) is 0 Å². The Labute approximate surface area is 322 Å². The molecule has 54 heavy (non-hydrogen) atoms. The highest BCUT2D eigenvalue weighted by Crippen LogP contribution is 2.51. The first-order valence-electron chi connectivity index (χ1n) is 18.3. The summed E-state index contributed by atoms with van der Waals surface area (Å²) in [5.41, 5.74) is 0. The molecule has 0 unspecified atom stereocenters. The van der Waals surface area contributed by atoms with E-state index in [4.69, 9.17) is 0 Å². The van der Waals surface area contributed by atoms with Crippen LogP contribution in [0.3, 0.4) is 0 Å². The molecule has 6 aromatic carbocycles. The number of hydrogen-bond acceptors (Lipinski definition) is 6. The summed E-state index contributed by atoms with van der Waals surface area (Å²) in [4.78, 5) is 0. The van der Waals surface area contributed by atoms with Crippen LogP contribution in [0.4, 0.5) is 0 Å². The van der Waals surface area contributed by atoms with Crippen molar-refractivity contribution in [3.05, 3.63) is 146 Å². The van der Waals surface area contributed by atoms with Crippen molar-refractivity contribution in [2.75, 3.05) is 0 Å². The molecule has 1 aliphatic rings. The third kappa shape index (κ3) is 4.83.